The Morgan fingerprint density at radius 1 is 0.613 bits per heavy atom. The topological polar surface area (TPSA) is 286 Å². The number of anilines is 4. The number of rotatable bonds is 14. The SMILES string of the molecule is CC#N.COc1c(NC(=O)c2ccc(NC(=O)c3ccc(NC(=O)CNC(=O)c4ccc(NC(=O)/C=C(\C)c5ccc(O)cc5)cc4)cc3)c(OC)c2O)ccc(C(=O)O)c1O. The lowest BCUT2D eigenvalue weighted by Crippen LogP contribution is -2.32. The second kappa shape index (κ2) is 21.2. The number of phenols is 3. The zero-order valence-electron chi connectivity index (χ0n) is 33.5. The van der Waals surface area contributed by atoms with E-state index in [4.69, 9.17) is 14.7 Å². The number of allylic oxidation sites excluding steroid dienone is 1. The molecule has 0 unspecified atom stereocenters. The maximum absolute atomic E-state index is 13.1. The zero-order chi connectivity index (χ0) is 45.5. The van der Waals surface area contributed by atoms with E-state index >= 15 is 0 Å². The highest BCUT2D eigenvalue weighted by Crippen LogP contribution is 2.40. The molecule has 9 N–H and O–H groups in total. The van der Waals surface area contributed by atoms with Crippen molar-refractivity contribution in [2.75, 3.05) is 42.0 Å². The van der Waals surface area contributed by atoms with Crippen LogP contribution in [0.15, 0.2) is 103 Å². The van der Waals surface area contributed by atoms with E-state index in [-0.39, 0.29) is 57.8 Å². The van der Waals surface area contributed by atoms with E-state index in [1.807, 2.05) is 0 Å². The molecule has 5 amide bonds. The van der Waals surface area contributed by atoms with E-state index in [0.717, 1.165) is 18.7 Å². The summed E-state index contributed by atoms with van der Waals surface area (Å²) in [5, 5.41) is 60.0. The van der Waals surface area contributed by atoms with Crippen LogP contribution in [0.25, 0.3) is 5.57 Å². The molecule has 0 radical (unpaired) electrons. The number of aromatic hydroxyl groups is 3. The van der Waals surface area contributed by atoms with Gasteiger partial charge in [-0.25, -0.2) is 4.79 Å². The van der Waals surface area contributed by atoms with Crippen molar-refractivity contribution in [3.05, 3.63) is 131 Å². The van der Waals surface area contributed by atoms with Gasteiger partial charge in [-0.05, 0) is 103 Å². The third-order valence-corrected chi connectivity index (χ3v) is 8.57. The summed E-state index contributed by atoms with van der Waals surface area (Å²) in [6.45, 7) is 2.82. The Bertz CT molecular complexity index is 2570. The first-order valence-corrected chi connectivity index (χ1v) is 18.1. The number of nitrogens with zero attached hydrogens (tertiary/aromatic N) is 1. The van der Waals surface area contributed by atoms with Gasteiger partial charge in [0.25, 0.3) is 17.7 Å². The Labute approximate surface area is 354 Å². The van der Waals surface area contributed by atoms with Crippen LogP contribution in [0, 0.1) is 11.3 Å². The van der Waals surface area contributed by atoms with Crippen LogP contribution in [0.4, 0.5) is 22.7 Å². The number of methoxy groups -OCH3 is 2. The Morgan fingerprint density at radius 3 is 1.58 bits per heavy atom. The molecule has 318 valence electrons. The molecule has 18 nitrogen and oxygen atoms in total. The zero-order valence-corrected chi connectivity index (χ0v) is 33.5. The van der Waals surface area contributed by atoms with Crippen molar-refractivity contribution < 1.29 is 58.7 Å². The number of carboxylic acids is 1. The van der Waals surface area contributed by atoms with E-state index in [2.05, 4.69) is 26.6 Å². The largest absolute Gasteiger partial charge is 0.508 e. The standard InChI is InChI=1S/C42H37N5O12.C2H3N/c1-22(23-8-14-28(48)15-9-23)20-33(49)44-26-10-4-24(5-11-26)39(53)43-21-34(50)45-27-12-6-25(7-13-27)40(54)46-31-18-16-29(35(51)37(31)58-2)41(55)47-32-19-17-30(42(56)57)36(52)38(32)59-3;1-2-3/h4-20,48,51-52H,21H2,1-3H3,(H,43,53)(H,44,49)(H,45,50)(H,46,54)(H,47,55)(H,56,57);1H3/b22-20+;. The molecule has 62 heavy (non-hydrogen) atoms. The predicted molar refractivity (Wildman–Crippen MR) is 228 cm³/mol. The second-order valence-corrected chi connectivity index (χ2v) is 12.8. The van der Waals surface area contributed by atoms with Crippen LogP contribution in [0.1, 0.15) is 60.8 Å². The quantitative estimate of drug-likeness (QED) is 0.0584. The van der Waals surface area contributed by atoms with Crippen molar-refractivity contribution in [1.82, 2.24) is 5.32 Å². The molecule has 0 aliphatic heterocycles. The molecule has 0 fully saturated rings. The summed E-state index contributed by atoms with van der Waals surface area (Å²) in [5.41, 5.74) is 1.80. The van der Waals surface area contributed by atoms with Gasteiger partial charge in [0.2, 0.25) is 11.8 Å². The highest BCUT2D eigenvalue weighted by atomic mass is 16.5. The maximum Gasteiger partial charge on any atom is 0.339 e. The molecular formula is C44H40N6O12. The molecule has 0 atom stereocenters. The molecule has 0 aromatic heterocycles. The lowest BCUT2D eigenvalue weighted by atomic mass is 10.1. The average molecular weight is 845 g/mol. The number of phenolic OH excluding ortho intramolecular Hbond substituents is 2. The number of hydrogen-bond acceptors (Lipinski definition) is 12. The molecule has 5 aromatic rings. The van der Waals surface area contributed by atoms with Gasteiger partial charge in [0.05, 0.1) is 43.8 Å². The van der Waals surface area contributed by atoms with Gasteiger partial charge >= 0.3 is 5.97 Å². The number of carbonyl (C=O) groups excluding carboxylic acids is 5. The number of amides is 5. The summed E-state index contributed by atoms with van der Waals surface area (Å²) in [7, 11) is 2.37. The Kier molecular flexibility index (Phi) is 15.7. The fourth-order valence-corrected chi connectivity index (χ4v) is 5.55. The van der Waals surface area contributed by atoms with Gasteiger partial charge in [-0.15, -0.1) is 0 Å². The fourth-order valence-electron chi connectivity index (χ4n) is 5.55. The van der Waals surface area contributed by atoms with Crippen LogP contribution in [0.3, 0.4) is 0 Å². The van der Waals surface area contributed by atoms with Gasteiger partial charge in [-0.1, -0.05) is 12.1 Å². The van der Waals surface area contributed by atoms with Crippen molar-refractivity contribution in [2.45, 2.75) is 13.8 Å². The minimum atomic E-state index is -1.42. The second-order valence-electron chi connectivity index (χ2n) is 12.8. The summed E-state index contributed by atoms with van der Waals surface area (Å²) in [4.78, 5) is 75.2. The average Bonchev–Trinajstić information content (AvgIpc) is 3.24. The smallest absolute Gasteiger partial charge is 0.339 e. The number of aromatic carboxylic acids is 1. The number of nitriles is 1. The summed E-state index contributed by atoms with van der Waals surface area (Å²) in [6, 6.07) is 24.8. The number of carboxylic acid groups (broad SMARTS) is 1. The van der Waals surface area contributed by atoms with Crippen molar-refractivity contribution in [1.29, 1.82) is 5.26 Å². The number of carbonyl (C=O) groups is 6. The highest BCUT2D eigenvalue weighted by molar-refractivity contribution is 6.10. The molecule has 0 saturated carbocycles. The molecule has 18 heteroatoms. The van der Waals surface area contributed by atoms with Gasteiger partial charge in [0, 0.05) is 35.5 Å². The fraction of sp³-hybridized carbons (Fsp3) is 0.114. The first-order chi connectivity index (χ1) is 29.6. The van der Waals surface area contributed by atoms with E-state index < -0.39 is 46.7 Å². The molecule has 5 aromatic carbocycles. The lowest BCUT2D eigenvalue weighted by Gasteiger charge is -2.16. The van der Waals surface area contributed by atoms with E-state index in [0.29, 0.717) is 16.9 Å². The minimum Gasteiger partial charge on any atom is -0.508 e. The van der Waals surface area contributed by atoms with Crippen LogP contribution in [-0.4, -0.2) is 76.7 Å². The number of benzene rings is 5. The minimum absolute atomic E-state index is 0.00862. The van der Waals surface area contributed by atoms with Crippen molar-refractivity contribution in [3.8, 4) is 34.8 Å². The Balaban J connectivity index is 0.00000273. The van der Waals surface area contributed by atoms with Crippen LogP contribution in [0.5, 0.6) is 28.7 Å². The molecule has 0 saturated heterocycles. The number of nitrogens with one attached hydrogen (secondary N) is 5. The van der Waals surface area contributed by atoms with Crippen LogP contribution in [0.2, 0.25) is 0 Å². The summed E-state index contributed by atoms with van der Waals surface area (Å²) >= 11 is 0. The maximum atomic E-state index is 13.1. The van der Waals surface area contributed by atoms with E-state index in [9.17, 15) is 49.2 Å². The van der Waals surface area contributed by atoms with E-state index in [1.54, 1.807) is 37.3 Å². The van der Waals surface area contributed by atoms with Gasteiger partial charge < -0.3 is 56.5 Å². The van der Waals surface area contributed by atoms with Gasteiger partial charge in [-0.3, -0.25) is 24.0 Å². The molecule has 0 heterocycles. The van der Waals surface area contributed by atoms with E-state index in [1.165, 1.54) is 86.8 Å². The van der Waals surface area contributed by atoms with Gasteiger partial charge in [-0.2, -0.15) is 5.26 Å². The Morgan fingerprint density at radius 2 is 1.06 bits per heavy atom. The molecular weight excluding hydrogens is 805 g/mol. The number of ether oxygens (including phenoxy) is 2. The van der Waals surface area contributed by atoms with Crippen LogP contribution < -0.4 is 36.1 Å². The molecule has 0 spiro atoms. The number of hydrogen-bond donors (Lipinski definition) is 9. The third kappa shape index (κ3) is 11.9. The summed E-state index contributed by atoms with van der Waals surface area (Å²) in [6.07, 6.45) is 1.41. The highest BCUT2D eigenvalue weighted by Gasteiger charge is 2.24. The molecule has 0 bridgehead atoms. The third-order valence-electron chi connectivity index (χ3n) is 8.57. The van der Waals surface area contributed by atoms with Crippen molar-refractivity contribution in [2.24, 2.45) is 0 Å². The lowest BCUT2D eigenvalue weighted by molar-refractivity contribution is -0.115. The summed E-state index contributed by atoms with van der Waals surface area (Å²) < 4.78 is 10.3. The van der Waals surface area contributed by atoms with Crippen molar-refractivity contribution >= 4 is 63.8 Å². The first kappa shape index (κ1) is 45.8. The monoisotopic (exact) mass is 844 g/mol. The van der Waals surface area contributed by atoms with Gasteiger partial charge in [0.15, 0.2) is 23.0 Å². The van der Waals surface area contributed by atoms with Gasteiger partial charge in [0.1, 0.15) is 11.3 Å². The first-order valence-electron chi connectivity index (χ1n) is 18.1. The van der Waals surface area contributed by atoms with Crippen molar-refractivity contribution in [3.63, 3.8) is 0 Å². The normalized spacial score (nSPS) is 10.4. The van der Waals surface area contributed by atoms with Crippen LogP contribution in [-0.2, 0) is 9.59 Å². The Hall–Kier alpha value is -8.85. The molecule has 0 aliphatic rings. The summed E-state index contributed by atoms with van der Waals surface area (Å²) in [5.74, 6) is -6.18. The molecule has 0 aliphatic carbocycles. The van der Waals surface area contributed by atoms with Crippen LogP contribution >= 0.6 is 0 Å². The predicted octanol–water partition coefficient (Wildman–Crippen LogP) is 5.96. The molecule has 5 rings (SSSR count).